The highest BCUT2D eigenvalue weighted by Gasteiger charge is 2.21. The van der Waals surface area contributed by atoms with Crippen molar-refractivity contribution in [2.24, 2.45) is 0 Å². The largest absolute Gasteiger partial charge is 0.455 e. The molecule has 5 heteroatoms. The zero-order chi connectivity index (χ0) is 42.1. The average molecular weight is 817 g/mol. The van der Waals surface area contributed by atoms with Gasteiger partial charge in [0.1, 0.15) is 11.2 Å². The molecule has 0 aliphatic heterocycles. The minimum atomic E-state index is 0.672. The van der Waals surface area contributed by atoms with Gasteiger partial charge < -0.3 is 8.98 Å². The number of furan rings is 1. The number of hydrogen-bond acceptors (Lipinski definition) is 4. The van der Waals surface area contributed by atoms with Crippen molar-refractivity contribution in [1.29, 1.82) is 0 Å². The van der Waals surface area contributed by atoms with Crippen LogP contribution in [0.4, 0.5) is 0 Å². The number of benzene rings is 9. The molecule has 5 nitrogen and oxygen atoms in total. The summed E-state index contributed by atoms with van der Waals surface area (Å²) in [6, 6.07) is 76.6. The minimum Gasteiger partial charge on any atom is -0.455 e. The smallest absolute Gasteiger partial charge is 0.160 e. The summed E-state index contributed by atoms with van der Waals surface area (Å²) in [6.07, 6.45) is 0. The Kier molecular flexibility index (Phi) is 8.15. The Morgan fingerprint density at radius 3 is 1.78 bits per heavy atom. The van der Waals surface area contributed by atoms with Gasteiger partial charge in [-0.1, -0.05) is 170 Å². The van der Waals surface area contributed by atoms with Crippen LogP contribution in [0, 0.1) is 0 Å². The molecule has 0 aliphatic rings. The lowest BCUT2D eigenvalue weighted by Crippen LogP contribution is -1.96. The molecule has 0 unspecified atom stereocenters. The normalized spacial score (nSPS) is 11.8. The number of rotatable bonds is 6. The first-order chi connectivity index (χ1) is 31.7. The second kappa shape index (κ2) is 14.5. The van der Waals surface area contributed by atoms with Crippen molar-refractivity contribution in [1.82, 2.24) is 19.5 Å². The molecule has 0 spiro atoms. The van der Waals surface area contributed by atoms with Crippen molar-refractivity contribution < 1.29 is 4.42 Å². The number of nitrogens with zero attached hydrogens (tertiary/aromatic N) is 4. The quantitative estimate of drug-likeness (QED) is 0.157. The SMILES string of the molecule is c1ccc(-c2nc(-c3ccc(-c4cccc5c4oc4ccccc45)cc3)cc(-c3ccc4c(c3)c3c5c(ccc3n4-c3ccccc3)c(-c3ccccc3)nc3ccccc35)n2)cc1. The van der Waals surface area contributed by atoms with E-state index in [0.29, 0.717) is 5.82 Å². The maximum Gasteiger partial charge on any atom is 0.160 e. The molecule has 4 heterocycles. The van der Waals surface area contributed by atoms with Crippen LogP contribution in [0.5, 0.6) is 0 Å². The van der Waals surface area contributed by atoms with Gasteiger partial charge in [0.2, 0.25) is 0 Å². The summed E-state index contributed by atoms with van der Waals surface area (Å²) >= 11 is 0. The van der Waals surface area contributed by atoms with Crippen LogP contribution < -0.4 is 0 Å². The van der Waals surface area contributed by atoms with Crippen molar-refractivity contribution in [3.05, 3.63) is 218 Å². The molecule has 13 rings (SSSR count). The molecule has 0 fully saturated rings. The molecule has 0 bridgehead atoms. The number of para-hydroxylation sites is 4. The standard InChI is InChI=1S/C59H36N4O/c1-4-15-39(16-5-1)57-47-32-34-53-56(55(47)46-22-10-12-25-49(46)60-57)48-35-41(31-33-52(48)63(53)42-19-8-3-9-20-42)51-36-50(61-59(62-51)40-17-6-2-7-18-40)38-29-27-37(28-30-38)43-23-14-24-45-44-21-11-13-26-54(44)64-58(43)45/h1-36H. The van der Waals surface area contributed by atoms with E-state index in [-0.39, 0.29) is 0 Å². The zero-order valence-electron chi connectivity index (χ0n) is 34.5. The molecule has 0 saturated carbocycles. The molecule has 13 aromatic rings. The van der Waals surface area contributed by atoms with Crippen molar-refractivity contribution in [2.75, 3.05) is 0 Å². The van der Waals surface area contributed by atoms with Crippen LogP contribution in [0.25, 0.3) is 127 Å². The Morgan fingerprint density at radius 1 is 0.359 bits per heavy atom. The van der Waals surface area contributed by atoms with Gasteiger partial charge in [0.05, 0.1) is 33.6 Å². The molecule has 0 aliphatic carbocycles. The van der Waals surface area contributed by atoms with E-state index in [0.717, 1.165) is 111 Å². The molecule has 0 N–H and O–H groups in total. The van der Waals surface area contributed by atoms with Gasteiger partial charge in [-0.15, -0.1) is 0 Å². The Labute approximate surface area is 368 Å². The lowest BCUT2D eigenvalue weighted by atomic mass is 9.95. The first-order valence-corrected chi connectivity index (χ1v) is 21.6. The summed E-state index contributed by atoms with van der Waals surface area (Å²) in [5, 5.41) is 7.98. The van der Waals surface area contributed by atoms with Gasteiger partial charge in [-0.3, -0.25) is 0 Å². The van der Waals surface area contributed by atoms with E-state index < -0.39 is 0 Å². The molecule has 0 amide bonds. The minimum absolute atomic E-state index is 0.672. The van der Waals surface area contributed by atoms with Crippen molar-refractivity contribution >= 4 is 65.4 Å². The topological polar surface area (TPSA) is 56.7 Å². The lowest BCUT2D eigenvalue weighted by Gasteiger charge is -2.12. The third kappa shape index (κ3) is 5.75. The highest BCUT2D eigenvalue weighted by Crippen LogP contribution is 2.44. The Morgan fingerprint density at radius 2 is 0.984 bits per heavy atom. The molecule has 64 heavy (non-hydrogen) atoms. The van der Waals surface area contributed by atoms with Crippen LogP contribution in [0.15, 0.2) is 223 Å². The van der Waals surface area contributed by atoms with Gasteiger partial charge in [0.25, 0.3) is 0 Å². The van der Waals surface area contributed by atoms with Crippen LogP contribution in [0.2, 0.25) is 0 Å². The van der Waals surface area contributed by atoms with E-state index in [2.05, 4.69) is 193 Å². The molecule has 0 saturated heterocycles. The zero-order valence-corrected chi connectivity index (χ0v) is 34.5. The lowest BCUT2D eigenvalue weighted by molar-refractivity contribution is 0.670. The molecule has 298 valence electrons. The molecule has 0 atom stereocenters. The summed E-state index contributed by atoms with van der Waals surface area (Å²) in [5.74, 6) is 0.672. The monoisotopic (exact) mass is 816 g/mol. The summed E-state index contributed by atoms with van der Waals surface area (Å²) in [7, 11) is 0. The van der Waals surface area contributed by atoms with E-state index in [1.165, 1.54) is 10.8 Å². The van der Waals surface area contributed by atoms with Gasteiger partial charge >= 0.3 is 0 Å². The molecule has 9 aromatic carbocycles. The predicted molar refractivity (Wildman–Crippen MR) is 264 cm³/mol. The van der Waals surface area contributed by atoms with Crippen molar-refractivity contribution in [2.45, 2.75) is 0 Å². The fourth-order valence-corrected chi connectivity index (χ4v) is 9.64. The average Bonchev–Trinajstić information content (AvgIpc) is 3.92. The van der Waals surface area contributed by atoms with Crippen LogP contribution in [0.1, 0.15) is 0 Å². The number of hydrogen-bond donors (Lipinski definition) is 0. The van der Waals surface area contributed by atoms with Gasteiger partial charge in [-0.25, -0.2) is 15.0 Å². The summed E-state index contributed by atoms with van der Waals surface area (Å²) in [6.45, 7) is 0. The summed E-state index contributed by atoms with van der Waals surface area (Å²) in [5.41, 5.74) is 15.0. The molecular formula is C59H36N4O. The summed E-state index contributed by atoms with van der Waals surface area (Å²) < 4.78 is 8.80. The fourth-order valence-electron chi connectivity index (χ4n) is 9.64. The first-order valence-electron chi connectivity index (χ1n) is 21.6. The maximum atomic E-state index is 6.41. The fraction of sp³-hybridized carbons (Fsp3) is 0. The van der Waals surface area contributed by atoms with E-state index in [4.69, 9.17) is 19.4 Å². The Balaban J connectivity index is 1.03. The first kappa shape index (κ1) is 36.0. The van der Waals surface area contributed by atoms with E-state index in [9.17, 15) is 0 Å². The number of pyridine rings is 1. The molecular weight excluding hydrogens is 781 g/mol. The van der Waals surface area contributed by atoms with Crippen LogP contribution in [-0.4, -0.2) is 19.5 Å². The van der Waals surface area contributed by atoms with Gasteiger partial charge in [0.15, 0.2) is 5.82 Å². The predicted octanol–water partition coefficient (Wildman–Crippen LogP) is 15.5. The van der Waals surface area contributed by atoms with Crippen LogP contribution >= 0.6 is 0 Å². The number of aromatic nitrogens is 4. The van der Waals surface area contributed by atoms with Crippen LogP contribution in [0.3, 0.4) is 0 Å². The van der Waals surface area contributed by atoms with E-state index in [1.54, 1.807) is 0 Å². The van der Waals surface area contributed by atoms with Gasteiger partial charge in [-0.2, -0.15) is 0 Å². The Bertz CT molecular complexity index is 3930. The third-order valence-electron chi connectivity index (χ3n) is 12.6. The van der Waals surface area contributed by atoms with Gasteiger partial charge in [0, 0.05) is 71.2 Å². The van der Waals surface area contributed by atoms with Crippen LogP contribution in [-0.2, 0) is 0 Å². The highest BCUT2D eigenvalue weighted by atomic mass is 16.3. The van der Waals surface area contributed by atoms with E-state index >= 15 is 0 Å². The molecule has 0 radical (unpaired) electrons. The summed E-state index contributed by atoms with van der Waals surface area (Å²) in [4.78, 5) is 15.8. The van der Waals surface area contributed by atoms with E-state index in [1.807, 2.05) is 30.3 Å². The highest BCUT2D eigenvalue weighted by molar-refractivity contribution is 6.29. The molecule has 4 aromatic heterocycles. The Hall–Kier alpha value is -8.67. The van der Waals surface area contributed by atoms with Crippen molar-refractivity contribution in [3.8, 4) is 62.0 Å². The maximum absolute atomic E-state index is 6.41. The van der Waals surface area contributed by atoms with Gasteiger partial charge in [-0.05, 0) is 54.1 Å². The third-order valence-corrected chi connectivity index (χ3v) is 12.6. The van der Waals surface area contributed by atoms with Crippen molar-refractivity contribution in [3.63, 3.8) is 0 Å². The second-order valence-electron chi connectivity index (χ2n) is 16.3. The number of fused-ring (bicyclic) bond motifs is 10. The second-order valence-corrected chi connectivity index (χ2v) is 16.3.